The smallest absolute Gasteiger partial charge is 0.253 e. The molecule has 0 fully saturated rings. The predicted octanol–water partition coefficient (Wildman–Crippen LogP) is 5.03. The van der Waals surface area contributed by atoms with E-state index in [-0.39, 0.29) is 30.8 Å². The molecule has 0 radical (unpaired) electrons. The summed E-state index contributed by atoms with van der Waals surface area (Å²) in [5, 5.41) is 4.70. The normalized spacial score (nSPS) is 13.0. The summed E-state index contributed by atoms with van der Waals surface area (Å²) in [7, 11) is 0. The molecule has 8 heteroatoms. The molecule has 0 spiro atoms. The number of pyridine rings is 1. The quantitative estimate of drug-likeness (QED) is 0.370. The predicted molar refractivity (Wildman–Crippen MR) is 137 cm³/mol. The number of nitrogens with zero attached hydrogens (tertiary/aromatic N) is 1. The van der Waals surface area contributed by atoms with Crippen LogP contribution in [0, 0.1) is 5.82 Å². The van der Waals surface area contributed by atoms with Crippen LogP contribution in [0.3, 0.4) is 0 Å². The molecule has 35 heavy (non-hydrogen) atoms. The monoisotopic (exact) mass is 489 g/mol. The van der Waals surface area contributed by atoms with Crippen molar-refractivity contribution < 1.29 is 13.9 Å². The van der Waals surface area contributed by atoms with E-state index in [4.69, 9.17) is 21.7 Å². The van der Waals surface area contributed by atoms with Crippen LogP contribution in [0.15, 0.2) is 77.6 Å². The van der Waals surface area contributed by atoms with Gasteiger partial charge in [-0.2, -0.15) is 0 Å². The number of aromatic nitrogens is 1. The third-order valence-electron chi connectivity index (χ3n) is 5.99. The Morgan fingerprint density at radius 2 is 1.77 bits per heavy atom. The van der Waals surface area contributed by atoms with Crippen LogP contribution in [0.1, 0.15) is 29.7 Å². The van der Waals surface area contributed by atoms with Gasteiger partial charge in [0.1, 0.15) is 5.82 Å². The van der Waals surface area contributed by atoms with Crippen LogP contribution in [0.25, 0.3) is 10.9 Å². The van der Waals surface area contributed by atoms with Gasteiger partial charge in [-0.3, -0.25) is 4.79 Å². The maximum Gasteiger partial charge on any atom is 0.253 e. The second-order valence-corrected chi connectivity index (χ2v) is 8.87. The molecule has 0 saturated heterocycles. The number of benzene rings is 3. The van der Waals surface area contributed by atoms with Crippen molar-refractivity contribution in [1.29, 1.82) is 0 Å². The lowest BCUT2D eigenvalue weighted by molar-refractivity contribution is 0.174. The fourth-order valence-corrected chi connectivity index (χ4v) is 4.38. The summed E-state index contributed by atoms with van der Waals surface area (Å²) in [4.78, 5) is 17.8. The van der Waals surface area contributed by atoms with Gasteiger partial charge < -0.3 is 24.7 Å². The summed E-state index contributed by atoms with van der Waals surface area (Å²) < 4.78 is 24.4. The average Bonchev–Trinajstić information content (AvgIpc) is 3.31. The van der Waals surface area contributed by atoms with Gasteiger partial charge in [-0.15, -0.1) is 0 Å². The summed E-state index contributed by atoms with van der Waals surface area (Å²) in [6.45, 7) is 2.87. The number of H-pyrrole nitrogens is 1. The van der Waals surface area contributed by atoms with E-state index in [1.807, 2.05) is 54.3 Å². The number of hydrogen-bond donors (Lipinski definition) is 2. The second-order valence-electron chi connectivity index (χ2n) is 8.48. The fraction of sp³-hybridized carbons (Fsp3) is 0.185. The van der Waals surface area contributed by atoms with Gasteiger partial charge in [-0.1, -0.05) is 42.5 Å². The molecule has 1 aliphatic rings. The van der Waals surface area contributed by atoms with Crippen LogP contribution < -0.4 is 20.3 Å². The van der Waals surface area contributed by atoms with Crippen LogP contribution in [0.5, 0.6) is 11.5 Å². The maximum absolute atomic E-state index is 13.5. The zero-order chi connectivity index (χ0) is 24.4. The molecule has 0 unspecified atom stereocenters. The first-order valence-electron chi connectivity index (χ1n) is 11.3. The number of halogens is 1. The van der Waals surface area contributed by atoms with E-state index in [1.165, 1.54) is 12.1 Å². The third-order valence-corrected chi connectivity index (χ3v) is 6.37. The highest BCUT2D eigenvalue weighted by atomic mass is 32.1. The van der Waals surface area contributed by atoms with Crippen molar-refractivity contribution >= 4 is 28.2 Å². The molecular weight excluding hydrogens is 465 g/mol. The highest BCUT2D eigenvalue weighted by Gasteiger charge is 2.19. The van der Waals surface area contributed by atoms with E-state index >= 15 is 0 Å². The lowest BCUT2D eigenvalue weighted by Gasteiger charge is -2.28. The first-order valence-corrected chi connectivity index (χ1v) is 11.7. The van der Waals surface area contributed by atoms with Crippen LogP contribution in [0.2, 0.25) is 0 Å². The van der Waals surface area contributed by atoms with Gasteiger partial charge in [0.25, 0.3) is 5.56 Å². The molecule has 178 valence electrons. The van der Waals surface area contributed by atoms with Gasteiger partial charge in [-0.05, 0) is 54.5 Å². The molecule has 0 bridgehead atoms. The van der Waals surface area contributed by atoms with Crippen LogP contribution >= 0.6 is 12.2 Å². The number of fused-ring (bicyclic) bond motifs is 2. The lowest BCUT2D eigenvalue weighted by atomic mass is 10.1. The van der Waals surface area contributed by atoms with Gasteiger partial charge in [-0.25, -0.2) is 4.39 Å². The van der Waals surface area contributed by atoms with Gasteiger partial charge in [0, 0.05) is 23.6 Å². The van der Waals surface area contributed by atoms with Crippen molar-refractivity contribution in [3.05, 3.63) is 106 Å². The molecule has 2 heterocycles. The standard InChI is InChI=1S/C27H24FN3O3S/c1-17(19-5-3-2-4-6-19)29-27(35)31(14-18-7-9-22(28)10-8-18)15-21-11-20-12-24-25(34-16-33-24)13-23(20)30-26(21)32/h2-13,17H,14-16H2,1H3,(H,29,35)(H,30,32)/t17-/m0/s1. The van der Waals surface area contributed by atoms with Gasteiger partial charge in [0.05, 0.1) is 18.1 Å². The summed E-state index contributed by atoms with van der Waals surface area (Å²) in [6, 6.07) is 21.7. The van der Waals surface area contributed by atoms with E-state index in [0.29, 0.717) is 34.2 Å². The lowest BCUT2D eigenvalue weighted by Crippen LogP contribution is -2.41. The molecular formula is C27H24FN3O3S. The van der Waals surface area contributed by atoms with E-state index in [0.717, 1.165) is 16.5 Å². The largest absolute Gasteiger partial charge is 0.454 e. The van der Waals surface area contributed by atoms with Gasteiger partial charge in [0.15, 0.2) is 16.6 Å². The van der Waals surface area contributed by atoms with Crippen molar-refractivity contribution in [3.63, 3.8) is 0 Å². The number of aromatic amines is 1. The van der Waals surface area contributed by atoms with E-state index < -0.39 is 0 Å². The van der Waals surface area contributed by atoms with Crippen LogP contribution in [-0.2, 0) is 13.1 Å². The molecule has 1 atom stereocenters. The summed E-state index contributed by atoms with van der Waals surface area (Å²) in [6.07, 6.45) is 0. The Hall–Kier alpha value is -3.91. The minimum atomic E-state index is -0.302. The zero-order valence-corrected chi connectivity index (χ0v) is 19.9. The number of hydrogen-bond acceptors (Lipinski definition) is 4. The minimum absolute atomic E-state index is 0.0333. The van der Waals surface area contributed by atoms with E-state index in [1.54, 1.807) is 18.2 Å². The molecule has 0 amide bonds. The number of ether oxygens (including phenoxy) is 2. The molecule has 5 rings (SSSR count). The average molecular weight is 490 g/mol. The van der Waals surface area contributed by atoms with Crippen molar-refractivity contribution in [2.45, 2.75) is 26.1 Å². The minimum Gasteiger partial charge on any atom is -0.454 e. The first-order chi connectivity index (χ1) is 17.0. The Balaban J connectivity index is 1.44. The van der Waals surface area contributed by atoms with Gasteiger partial charge >= 0.3 is 0 Å². The second kappa shape index (κ2) is 9.76. The van der Waals surface area contributed by atoms with Crippen molar-refractivity contribution in [2.24, 2.45) is 0 Å². The third kappa shape index (κ3) is 5.12. The molecule has 0 aliphatic carbocycles. The molecule has 4 aromatic rings. The molecule has 1 aliphatic heterocycles. The number of nitrogens with one attached hydrogen (secondary N) is 2. The highest BCUT2D eigenvalue weighted by molar-refractivity contribution is 7.80. The fourth-order valence-electron chi connectivity index (χ4n) is 4.08. The maximum atomic E-state index is 13.5. The zero-order valence-electron chi connectivity index (χ0n) is 19.1. The van der Waals surface area contributed by atoms with Crippen LogP contribution in [0.4, 0.5) is 4.39 Å². The topological polar surface area (TPSA) is 66.6 Å². The molecule has 0 saturated carbocycles. The Morgan fingerprint density at radius 3 is 2.51 bits per heavy atom. The molecule has 2 N–H and O–H groups in total. The van der Waals surface area contributed by atoms with E-state index in [9.17, 15) is 9.18 Å². The van der Waals surface area contributed by atoms with E-state index in [2.05, 4.69) is 10.3 Å². The van der Waals surface area contributed by atoms with Crippen LogP contribution in [-0.4, -0.2) is 21.8 Å². The summed E-state index contributed by atoms with van der Waals surface area (Å²) in [5.74, 6) is 0.954. The Morgan fingerprint density at radius 1 is 1.06 bits per heavy atom. The molecule has 6 nitrogen and oxygen atoms in total. The van der Waals surface area contributed by atoms with Gasteiger partial charge in [0.2, 0.25) is 6.79 Å². The SMILES string of the molecule is C[C@H](NC(=S)N(Cc1ccc(F)cc1)Cc1cc2cc3c(cc2[nH]c1=O)OCO3)c1ccccc1. The number of rotatable bonds is 6. The first kappa shape index (κ1) is 22.9. The Bertz CT molecular complexity index is 1420. The summed E-state index contributed by atoms with van der Waals surface area (Å²) in [5.41, 5.74) is 2.99. The highest BCUT2D eigenvalue weighted by Crippen LogP contribution is 2.35. The molecule has 3 aromatic carbocycles. The Kier molecular flexibility index (Phi) is 6.37. The Labute approximate surface area is 207 Å². The number of thiocarbonyl (C=S) groups is 1. The molecule has 1 aromatic heterocycles. The van der Waals surface area contributed by atoms with Crippen molar-refractivity contribution in [2.75, 3.05) is 6.79 Å². The van der Waals surface area contributed by atoms with Crippen molar-refractivity contribution in [1.82, 2.24) is 15.2 Å². The van der Waals surface area contributed by atoms with Crippen molar-refractivity contribution in [3.8, 4) is 11.5 Å². The summed E-state index contributed by atoms with van der Waals surface area (Å²) >= 11 is 5.77.